The van der Waals surface area contributed by atoms with E-state index in [-0.39, 0.29) is 17.7 Å². The number of pyridine rings is 1. The Labute approximate surface area is 164 Å². The Morgan fingerprint density at radius 1 is 1.22 bits per heavy atom. The molecule has 0 radical (unpaired) electrons. The number of rotatable bonds is 6. The Bertz CT molecular complexity index is 1010. The molecule has 5 nitrogen and oxygen atoms in total. The highest BCUT2D eigenvalue weighted by Crippen LogP contribution is 2.38. The van der Waals surface area contributed by atoms with Gasteiger partial charge in [-0.15, -0.1) is 11.3 Å². The Hall–Kier alpha value is -2.90. The largest absolute Gasteiger partial charge is 0.459 e. The van der Waals surface area contributed by atoms with Crippen molar-refractivity contribution in [2.24, 2.45) is 0 Å². The zero-order valence-corrected chi connectivity index (χ0v) is 16.1. The van der Waals surface area contributed by atoms with E-state index >= 15 is 0 Å². The van der Waals surface area contributed by atoms with Gasteiger partial charge >= 0.3 is 0 Å². The maximum Gasteiger partial charge on any atom is 0.291 e. The van der Waals surface area contributed by atoms with Gasteiger partial charge in [-0.3, -0.25) is 4.79 Å². The fraction of sp³-hybridized carbons (Fsp3) is 0.100. The van der Waals surface area contributed by atoms with Crippen molar-refractivity contribution in [2.75, 3.05) is 10.6 Å². The van der Waals surface area contributed by atoms with E-state index in [4.69, 9.17) is 4.42 Å². The van der Waals surface area contributed by atoms with Crippen LogP contribution in [0.25, 0.3) is 0 Å². The van der Waals surface area contributed by atoms with Crippen molar-refractivity contribution in [1.82, 2.24) is 4.98 Å². The maximum absolute atomic E-state index is 12.5. The van der Waals surface area contributed by atoms with E-state index in [1.165, 1.54) is 6.26 Å². The van der Waals surface area contributed by atoms with Crippen LogP contribution in [-0.4, -0.2) is 10.9 Å². The molecule has 0 bridgehead atoms. The molecule has 4 rings (SSSR count). The SMILES string of the molecule is Cc1cc(C(Nc2ccccn2)c2ccsc2)c(NC(=O)c2ccco2)s1. The molecule has 0 saturated heterocycles. The number of hydrogen-bond acceptors (Lipinski definition) is 6. The first-order chi connectivity index (χ1) is 13.2. The molecule has 0 aliphatic heterocycles. The monoisotopic (exact) mass is 395 g/mol. The molecule has 0 spiro atoms. The number of furan rings is 1. The van der Waals surface area contributed by atoms with Gasteiger partial charge < -0.3 is 15.1 Å². The number of nitrogens with zero attached hydrogens (tertiary/aromatic N) is 1. The number of hydrogen-bond donors (Lipinski definition) is 2. The summed E-state index contributed by atoms with van der Waals surface area (Å²) >= 11 is 3.18. The molecular weight excluding hydrogens is 378 g/mol. The first kappa shape index (κ1) is 17.5. The second-order valence-electron chi connectivity index (χ2n) is 5.92. The van der Waals surface area contributed by atoms with E-state index in [2.05, 4.69) is 33.1 Å². The van der Waals surface area contributed by atoms with Crippen LogP contribution in [0, 0.1) is 6.92 Å². The summed E-state index contributed by atoms with van der Waals surface area (Å²) in [7, 11) is 0. The van der Waals surface area contributed by atoms with Crippen molar-refractivity contribution in [3.05, 3.63) is 87.4 Å². The number of anilines is 2. The number of carbonyl (C=O) groups excluding carboxylic acids is 1. The van der Waals surface area contributed by atoms with Crippen LogP contribution in [0.4, 0.5) is 10.8 Å². The summed E-state index contributed by atoms with van der Waals surface area (Å²) in [5.74, 6) is 0.808. The minimum atomic E-state index is -0.259. The molecule has 4 heterocycles. The van der Waals surface area contributed by atoms with Gasteiger partial charge in [0.1, 0.15) is 10.8 Å². The van der Waals surface area contributed by atoms with E-state index in [9.17, 15) is 4.79 Å². The zero-order valence-electron chi connectivity index (χ0n) is 14.5. The van der Waals surface area contributed by atoms with Crippen LogP contribution >= 0.6 is 22.7 Å². The van der Waals surface area contributed by atoms with Gasteiger partial charge in [-0.2, -0.15) is 11.3 Å². The van der Waals surface area contributed by atoms with E-state index in [0.29, 0.717) is 0 Å². The molecule has 4 aromatic heterocycles. The predicted molar refractivity (Wildman–Crippen MR) is 110 cm³/mol. The lowest BCUT2D eigenvalue weighted by Crippen LogP contribution is -2.16. The molecule has 0 aliphatic carbocycles. The smallest absolute Gasteiger partial charge is 0.291 e. The average molecular weight is 396 g/mol. The maximum atomic E-state index is 12.5. The molecule has 1 unspecified atom stereocenters. The van der Waals surface area contributed by atoms with Gasteiger partial charge in [-0.05, 0) is 59.6 Å². The Morgan fingerprint density at radius 3 is 2.85 bits per heavy atom. The Morgan fingerprint density at radius 2 is 2.15 bits per heavy atom. The van der Waals surface area contributed by atoms with Crippen molar-refractivity contribution >= 4 is 39.4 Å². The highest BCUT2D eigenvalue weighted by molar-refractivity contribution is 7.16. The van der Waals surface area contributed by atoms with E-state index < -0.39 is 0 Å². The minimum absolute atomic E-state index is 0.122. The summed E-state index contributed by atoms with van der Waals surface area (Å²) in [5, 5.41) is 11.4. The summed E-state index contributed by atoms with van der Waals surface area (Å²) in [5.41, 5.74) is 2.12. The summed E-state index contributed by atoms with van der Waals surface area (Å²) in [6.07, 6.45) is 3.25. The normalized spacial score (nSPS) is 11.9. The summed E-state index contributed by atoms with van der Waals surface area (Å²) in [4.78, 5) is 18.0. The lowest BCUT2D eigenvalue weighted by atomic mass is 10.0. The van der Waals surface area contributed by atoms with Gasteiger partial charge in [0.05, 0.1) is 12.3 Å². The van der Waals surface area contributed by atoms with Crippen LogP contribution in [0.2, 0.25) is 0 Å². The standard InChI is InChI=1S/C20H17N3O2S2/c1-13-11-15(20(27-13)23-19(24)16-5-4-9-25-16)18(14-7-10-26-12-14)22-17-6-2-3-8-21-17/h2-12,18H,1H3,(H,21,22)(H,23,24). The van der Waals surface area contributed by atoms with Gasteiger partial charge in [0.25, 0.3) is 5.91 Å². The molecule has 1 atom stereocenters. The molecule has 0 aromatic carbocycles. The van der Waals surface area contributed by atoms with Gasteiger partial charge in [-0.25, -0.2) is 4.98 Å². The lowest BCUT2D eigenvalue weighted by Gasteiger charge is -2.19. The van der Waals surface area contributed by atoms with Gasteiger partial charge in [0, 0.05) is 16.6 Å². The van der Waals surface area contributed by atoms with Crippen LogP contribution in [0.15, 0.2) is 70.1 Å². The van der Waals surface area contributed by atoms with Crippen molar-refractivity contribution in [3.8, 4) is 0 Å². The fourth-order valence-electron chi connectivity index (χ4n) is 2.79. The van der Waals surface area contributed by atoms with Gasteiger partial charge in [0.15, 0.2) is 5.76 Å². The molecule has 136 valence electrons. The third-order valence-electron chi connectivity index (χ3n) is 4.00. The second kappa shape index (κ2) is 7.77. The third kappa shape index (κ3) is 3.94. The average Bonchev–Trinajstić information content (AvgIpc) is 3.43. The third-order valence-corrected chi connectivity index (χ3v) is 5.68. The van der Waals surface area contributed by atoms with Crippen LogP contribution in [0.5, 0.6) is 0 Å². The molecule has 0 saturated carbocycles. The number of thiophene rings is 2. The van der Waals surface area contributed by atoms with Crippen molar-refractivity contribution in [2.45, 2.75) is 13.0 Å². The number of amides is 1. The minimum Gasteiger partial charge on any atom is -0.459 e. The molecule has 4 aromatic rings. The van der Waals surface area contributed by atoms with Crippen molar-refractivity contribution in [1.29, 1.82) is 0 Å². The van der Waals surface area contributed by atoms with Crippen molar-refractivity contribution in [3.63, 3.8) is 0 Å². The van der Waals surface area contributed by atoms with E-state index in [1.54, 1.807) is 41.0 Å². The van der Waals surface area contributed by atoms with Crippen molar-refractivity contribution < 1.29 is 9.21 Å². The number of aromatic nitrogens is 1. The first-order valence-electron chi connectivity index (χ1n) is 8.35. The van der Waals surface area contributed by atoms with Gasteiger partial charge in [0.2, 0.25) is 0 Å². The summed E-state index contributed by atoms with van der Waals surface area (Å²) < 4.78 is 5.21. The van der Waals surface area contributed by atoms with E-state index in [0.717, 1.165) is 26.8 Å². The lowest BCUT2D eigenvalue weighted by molar-refractivity contribution is 0.0997. The first-order valence-corrected chi connectivity index (χ1v) is 10.1. The van der Waals surface area contributed by atoms with Crippen LogP contribution < -0.4 is 10.6 Å². The van der Waals surface area contributed by atoms with Gasteiger partial charge in [-0.1, -0.05) is 6.07 Å². The Kier molecular flexibility index (Phi) is 5.04. The number of carbonyl (C=O) groups is 1. The van der Waals surface area contributed by atoms with Crippen LogP contribution in [0.3, 0.4) is 0 Å². The topological polar surface area (TPSA) is 67.2 Å². The predicted octanol–water partition coefficient (Wildman–Crippen LogP) is 5.56. The highest BCUT2D eigenvalue weighted by atomic mass is 32.1. The molecular formula is C20H17N3O2S2. The molecule has 27 heavy (non-hydrogen) atoms. The molecule has 1 amide bonds. The fourth-order valence-corrected chi connectivity index (χ4v) is 4.43. The van der Waals surface area contributed by atoms with Crippen LogP contribution in [0.1, 0.15) is 32.6 Å². The van der Waals surface area contributed by atoms with Crippen LogP contribution in [-0.2, 0) is 0 Å². The quantitative estimate of drug-likeness (QED) is 0.448. The molecule has 7 heteroatoms. The summed E-state index contributed by atoms with van der Waals surface area (Å²) in [6.45, 7) is 2.03. The highest BCUT2D eigenvalue weighted by Gasteiger charge is 2.23. The summed E-state index contributed by atoms with van der Waals surface area (Å²) in [6, 6.07) is 13.2. The molecule has 2 N–H and O–H groups in total. The number of aryl methyl sites for hydroxylation is 1. The molecule has 0 fully saturated rings. The number of nitrogens with one attached hydrogen (secondary N) is 2. The van der Waals surface area contributed by atoms with E-state index in [1.807, 2.05) is 30.5 Å². The zero-order chi connectivity index (χ0) is 18.6. The molecule has 0 aliphatic rings. The Balaban J connectivity index is 1.69. The second-order valence-corrected chi connectivity index (χ2v) is 7.96.